The molecule has 0 saturated carbocycles. The molecule has 1 unspecified atom stereocenters. The maximum atomic E-state index is 9.48. The number of anilines is 1. The van der Waals surface area contributed by atoms with E-state index in [0.29, 0.717) is 24.0 Å². The van der Waals surface area contributed by atoms with Gasteiger partial charge in [0.15, 0.2) is 0 Å². The van der Waals surface area contributed by atoms with Gasteiger partial charge in [0, 0.05) is 37.1 Å². The molecule has 1 saturated heterocycles. The minimum Gasteiger partial charge on any atom is -0.476 e. The first-order valence-electron chi connectivity index (χ1n) is 8.19. The van der Waals surface area contributed by atoms with Gasteiger partial charge in [-0.2, -0.15) is 5.26 Å². The smallest absolute Gasteiger partial charge is 0.232 e. The molecule has 0 aromatic carbocycles. The van der Waals surface area contributed by atoms with Crippen LogP contribution in [0.2, 0.25) is 0 Å². The summed E-state index contributed by atoms with van der Waals surface area (Å²) < 4.78 is 5.75. The number of nitrogens with zero attached hydrogens (tertiary/aromatic N) is 5. The average molecular weight is 323 g/mol. The van der Waals surface area contributed by atoms with Gasteiger partial charge in [-0.3, -0.25) is 4.98 Å². The van der Waals surface area contributed by atoms with Gasteiger partial charge in [-0.15, -0.1) is 0 Å². The predicted octanol–water partition coefficient (Wildman–Crippen LogP) is 2.66. The maximum absolute atomic E-state index is 9.48. The number of piperidine rings is 1. The van der Waals surface area contributed by atoms with Gasteiger partial charge in [0.1, 0.15) is 11.9 Å². The minimum atomic E-state index is 0.384. The molecule has 1 fully saturated rings. The summed E-state index contributed by atoms with van der Waals surface area (Å²) in [7, 11) is 0. The Hall–Kier alpha value is -2.68. The molecule has 24 heavy (non-hydrogen) atoms. The number of aryl methyl sites for hydroxylation is 2. The van der Waals surface area contributed by atoms with Crippen molar-refractivity contribution in [1.82, 2.24) is 15.0 Å². The molecule has 1 aliphatic rings. The molecular formula is C18H21N5O. The summed E-state index contributed by atoms with van der Waals surface area (Å²) >= 11 is 0. The van der Waals surface area contributed by atoms with Gasteiger partial charge in [0.2, 0.25) is 5.88 Å². The molecule has 3 rings (SSSR count). The Morgan fingerprint density at radius 3 is 3.00 bits per heavy atom. The van der Waals surface area contributed by atoms with Gasteiger partial charge < -0.3 is 9.64 Å². The highest BCUT2D eigenvalue weighted by Crippen LogP contribution is 2.27. The van der Waals surface area contributed by atoms with E-state index in [0.717, 1.165) is 43.0 Å². The fourth-order valence-corrected chi connectivity index (χ4v) is 3.14. The first kappa shape index (κ1) is 16.2. The second-order valence-corrected chi connectivity index (χ2v) is 6.20. The standard InChI is InChI=1S/C18H21N5O/c1-13-8-14(2)22-18(16(13)9-19)23-7-3-4-15(11-23)12-24-17-10-20-5-6-21-17/h5-6,8,10,15H,3-4,7,11-12H2,1-2H3. The quantitative estimate of drug-likeness (QED) is 0.861. The summed E-state index contributed by atoms with van der Waals surface area (Å²) in [6, 6.07) is 4.27. The zero-order valence-corrected chi connectivity index (χ0v) is 14.1. The van der Waals surface area contributed by atoms with Crippen molar-refractivity contribution in [1.29, 1.82) is 5.26 Å². The van der Waals surface area contributed by atoms with Crippen LogP contribution >= 0.6 is 0 Å². The van der Waals surface area contributed by atoms with Crippen molar-refractivity contribution in [3.05, 3.63) is 41.5 Å². The summed E-state index contributed by atoms with van der Waals surface area (Å²) in [5.74, 6) is 1.74. The van der Waals surface area contributed by atoms with Crippen molar-refractivity contribution in [2.45, 2.75) is 26.7 Å². The SMILES string of the molecule is Cc1cc(C)c(C#N)c(N2CCCC(COc3cnccn3)C2)n1. The number of rotatable bonds is 4. The van der Waals surface area contributed by atoms with Crippen molar-refractivity contribution >= 4 is 5.82 Å². The minimum absolute atomic E-state index is 0.384. The molecule has 6 heteroatoms. The van der Waals surface area contributed by atoms with Crippen LogP contribution in [0, 0.1) is 31.1 Å². The highest BCUT2D eigenvalue weighted by atomic mass is 16.5. The van der Waals surface area contributed by atoms with Crippen LogP contribution < -0.4 is 9.64 Å². The number of aromatic nitrogens is 3. The Labute approximate surface area is 142 Å². The van der Waals surface area contributed by atoms with E-state index in [-0.39, 0.29) is 0 Å². The lowest BCUT2D eigenvalue weighted by Crippen LogP contribution is -2.38. The molecule has 3 heterocycles. The molecule has 1 atom stereocenters. The molecule has 2 aromatic rings. The molecule has 0 aliphatic carbocycles. The average Bonchev–Trinajstić information content (AvgIpc) is 2.60. The lowest BCUT2D eigenvalue weighted by Gasteiger charge is -2.34. The van der Waals surface area contributed by atoms with Crippen molar-refractivity contribution < 1.29 is 4.74 Å². The van der Waals surface area contributed by atoms with Crippen LogP contribution in [-0.4, -0.2) is 34.6 Å². The molecule has 0 N–H and O–H groups in total. The van der Waals surface area contributed by atoms with Crippen LogP contribution in [-0.2, 0) is 0 Å². The molecule has 0 spiro atoms. The van der Waals surface area contributed by atoms with Gasteiger partial charge in [0.25, 0.3) is 0 Å². The van der Waals surface area contributed by atoms with Crippen LogP contribution in [0.25, 0.3) is 0 Å². The van der Waals surface area contributed by atoms with Gasteiger partial charge in [-0.1, -0.05) is 0 Å². The van der Waals surface area contributed by atoms with E-state index >= 15 is 0 Å². The second-order valence-electron chi connectivity index (χ2n) is 6.20. The maximum Gasteiger partial charge on any atom is 0.232 e. The second kappa shape index (κ2) is 7.26. The van der Waals surface area contributed by atoms with E-state index in [9.17, 15) is 5.26 Å². The molecule has 2 aromatic heterocycles. The Kier molecular flexibility index (Phi) is 4.90. The van der Waals surface area contributed by atoms with E-state index in [2.05, 4.69) is 25.9 Å². The van der Waals surface area contributed by atoms with Gasteiger partial charge >= 0.3 is 0 Å². The fraction of sp³-hybridized carbons (Fsp3) is 0.444. The number of ether oxygens (including phenoxy) is 1. The van der Waals surface area contributed by atoms with Crippen LogP contribution in [0.3, 0.4) is 0 Å². The zero-order chi connectivity index (χ0) is 16.9. The highest BCUT2D eigenvalue weighted by Gasteiger charge is 2.24. The van der Waals surface area contributed by atoms with Crippen LogP contribution in [0.1, 0.15) is 29.7 Å². The zero-order valence-electron chi connectivity index (χ0n) is 14.1. The summed E-state index contributed by atoms with van der Waals surface area (Å²) in [5, 5.41) is 9.48. The van der Waals surface area contributed by atoms with E-state index in [1.807, 2.05) is 19.9 Å². The molecule has 0 radical (unpaired) electrons. The normalized spacial score (nSPS) is 17.4. The number of nitriles is 1. The number of hydrogen-bond acceptors (Lipinski definition) is 6. The van der Waals surface area contributed by atoms with Crippen molar-refractivity contribution in [2.24, 2.45) is 5.92 Å². The van der Waals surface area contributed by atoms with Crippen molar-refractivity contribution in [2.75, 3.05) is 24.6 Å². The molecule has 0 bridgehead atoms. The Morgan fingerprint density at radius 2 is 2.25 bits per heavy atom. The fourth-order valence-electron chi connectivity index (χ4n) is 3.14. The first-order valence-corrected chi connectivity index (χ1v) is 8.19. The van der Waals surface area contributed by atoms with Gasteiger partial charge in [-0.25, -0.2) is 9.97 Å². The summed E-state index contributed by atoms with van der Waals surface area (Å²) in [4.78, 5) is 15.0. The third kappa shape index (κ3) is 3.62. The Bertz CT molecular complexity index is 741. The van der Waals surface area contributed by atoms with Crippen LogP contribution in [0.4, 0.5) is 5.82 Å². The van der Waals surface area contributed by atoms with Crippen LogP contribution in [0.15, 0.2) is 24.7 Å². The largest absolute Gasteiger partial charge is 0.476 e. The monoisotopic (exact) mass is 323 g/mol. The molecular weight excluding hydrogens is 302 g/mol. The Morgan fingerprint density at radius 1 is 1.38 bits per heavy atom. The summed E-state index contributed by atoms with van der Waals surface area (Å²) in [6.07, 6.45) is 7.04. The predicted molar refractivity (Wildman–Crippen MR) is 90.9 cm³/mol. The van der Waals surface area contributed by atoms with E-state index < -0.39 is 0 Å². The molecule has 0 amide bonds. The van der Waals surface area contributed by atoms with Crippen molar-refractivity contribution in [3.8, 4) is 11.9 Å². The molecule has 124 valence electrons. The molecule has 6 nitrogen and oxygen atoms in total. The third-order valence-electron chi connectivity index (χ3n) is 4.26. The first-order chi connectivity index (χ1) is 11.7. The van der Waals surface area contributed by atoms with E-state index in [1.54, 1.807) is 18.6 Å². The number of hydrogen-bond donors (Lipinski definition) is 0. The van der Waals surface area contributed by atoms with E-state index in [1.165, 1.54) is 0 Å². The molecule has 1 aliphatic heterocycles. The lowest BCUT2D eigenvalue weighted by atomic mass is 9.98. The third-order valence-corrected chi connectivity index (χ3v) is 4.26. The van der Waals surface area contributed by atoms with E-state index in [4.69, 9.17) is 4.74 Å². The highest BCUT2D eigenvalue weighted by molar-refractivity contribution is 5.58. The Balaban J connectivity index is 1.71. The number of pyridine rings is 1. The lowest BCUT2D eigenvalue weighted by molar-refractivity contribution is 0.221. The van der Waals surface area contributed by atoms with Gasteiger partial charge in [-0.05, 0) is 38.3 Å². The summed E-state index contributed by atoms with van der Waals surface area (Å²) in [6.45, 7) is 6.30. The van der Waals surface area contributed by atoms with Gasteiger partial charge in [0.05, 0.1) is 18.4 Å². The topological polar surface area (TPSA) is 74.9 Å². The summed E-state index contributed by atoms with van der Waals surface area (Å²) in [5.41, 5.74) is 2.61. The van der Waals surface area contributed by atoms with Crippen LogP contribution in [0.5, 0.6) is 5.88 Å². The van der Waals surface area contributed by atoms with Crippen molar-refractivity contribution in [3.63, 3.8) is 0 Å².